The summed E-state index contributed by atoms with van der Waals surface area (Å²) < 4.78 is 67.9. The van der Waals surface area contributed by atoms with Gasteiger partial charge in [-0.05, 0) is 76.7 Å². The highest BCUT2D eigenvalue weighted by Crippen LogP contribution is 2.27. The topological polar surface area (TPSA) is 68.3 Å². The van der Waals surface area contributed by atoms with Crippen LogP contribution in [0, 0.1) is 18.6 Å². The number of halogens is 6. The first kappa shape index (κ1) is 34.0. The van der Waals surface area contributed by atoms with Gasteiger partial charge in [0.2, 0.25) is 0 Å². The summed E-state index contributed by atoms with van der Waals surface area (Å²) in [5, 5.41) is 5.54. The van der Waals surface area contributed by atoms with Gasteiger partial charge in [0, 0.05) is 31.3 Å². The summed E-state index contributed by atoms with van der Waals surface area (Å²) in [6, 6.07) is 24.3. The highest BCUT2D eigenvalue weighted by molar-refractivity contribution is 8.14. The van der Waals surface area contributed by atoms with Crippen LogP contribution in [0.4, 0.5) is 8.78 Å². The van der Waals surface area contributed by atoms with Gasteiger partial charge in [-0.2, -0.15) is 0 Å². The largest absolute Gasteiger partial charge is 0.261 e. The quantitative estimate of drug-likeness (QED) is 0.178. The van der Waals surface area contributed by atoms with Crippen molar-refractivity contribution in [1.29, 1.82) is 0 Å². The van der Waals surface area contributed by atoms with E-state index in [1.807, 2.05) is 42.5 Å². The van der Waals surface area contributed by atoms with Gasteiger partial charge in [-0.25, -0.2) is 25.6 Å². The number of aryl methyl sites for hydroxylation is 1. The average molecular weight is 684 g/mol. The molecule has 0 aliphatic heterocycles. The molecule has 0 bridgehead atoms. The second-order valence-electron chi connectivity index (χ2n) is 7.87. The summed E-state index contributed by atoms with van der Waals surface area (Å²) in [4.78, 5) is 0.999. The smallest absolute Gasteiger partial charge is 0.207 e. The van der Waals surface area contributed by atoms with Gasteiger partial charge in [-0.15, -0.1) is 23.7 Å². The van der Waals surface area contributed by atoms with Crippen LogP contribution >= 0.6 is 56.7 Å². The molecule has 0 aliphatic rings. The first-order chi connectivity index (χ1) is 18.3. The molecule has 0 aliphatic carbocycles. The number of thiophene rings is 1. The molecule has 40 heavy (non-hydrogen) atoms. The molecular formula is C27H20Cl4F2O4S3. The monoisotopic (exact) mass is 682 g/mol. The highest BCUT2D eigenvalue weighted by atomic mass is 35.7. The lowest BCUT2D eigenvalue weighted by atomic mass is 10.1. The Kier molecular flexibility index (Phi) is 12.4. The number of hydrogen-bond acceptors (Lipinski definition) is 5. The van der Waals surface area contributed by atoms with Crippen molar-refractivity contribution in [2.45, 2.75) is 16.7 Å². The van der Waals surface area contributed by atoms with E-state index >= 15 is 0 Å². The Morgan fingerprint density at radius 1 is 0.675 bits per heavy atom. The lowest BCUT2D eigenvalue weighted by Crippen LogP contribution is -1.93. The zero-order valence-corrected chi connectivity index (χ0v) is 25.9. The molecule has 212 valence electrons. The molecule has 0 spiro atoms. The van der Waals surface area contributed by atoms with Gasteiger partial charge in [0.1, 0.15) is 0 Å². The molecule has 0 atom stereocenters. The predicted octanol–water partition coefficient (Wildman–Crippen LogP) is 9.46. The molecule has 1 aromatic heterocycles. The molecule has 4 aromatic carbocycles. The fraction of sp³-hybridized carbons (Fsp3) is 0.0370. The first-order valence-corrected chi connectivity index (χ1v) is 16.8. The van der Waals surface area contributed by atoms with Crippen LogP contribution in [0.15, 0.2) is 106 Å². The lowest BCUT2D eigenvalue weighted by molar-refractivity contribution is 0.505. The van der Waals surface area contributed by atoms with E-state index in [2.05, 4.69) is 18.4 Å². The molecule has 13 heteroatoms. The maximum Gasteiger partial charge on any atom is 0.261 e. The van der Waals surface area contributed by atoms with Gasteiger partial charge >= 0.3 is 0 Å². The van der Waals surface area contributed by atoms with Crippen molar-refractivity contribution in [2.75, 3.05) is 0 Å². The number of benzene rings is 4. The minimum absolute atomic E-state index is 0. The van der Waals surface area contributed by atoms with Gasteiger partial charge in [0.25, 0.3) is 18.1 Å². The molecule has 4 nitrogen and oxygen atoms in total. The maximum absolute atomic E-state index is 12.4. The van der Waals surface area contributed by atoms with Gasteiger partial charge in [0.05, 0.1) is 9.79 Å². The average Bonchev–Trinajstić information content (AvgIpc) is 3.25. The van der Waals surface area contributed by atoms with E-state index < -0.39 is 34.6 Å². The summed E-state index contributed by atoms with van der Waals surface area (Å²) >= 11 is 7.62. The zero-order valence-electron chi connectivity index (χ0n) is 20.4. The van der Waals surface area contributed by atoms with Crippen LogP contribution in [-0.4, -0.2) is 16.8 Å². The second-order valence-corrected chi connectivity index (χ2v) is 14.5. The predicted molar refractivity (Wildman–Crippen MR) is 163 cm³/mol. The molecule has 0 unspecified atom stereocenters. The summed E-state index contributed by atoms with van der Waals surface area (Å²) in [5.74, 6) is -2.35. The Labute approximate surface area is 255 Å². The molecule has 0 saturated heterocycles. The minimum atomic E-state index is -3.98. The molecule has 5 rings (SSSR count). The Hall–Kier alpha value is -2.24. The van der Waals surface area contributed by atoms with Crippen LogP contribution < -0.4 is 0 Å². The maximum atomic E-state index is 12.4. The summed E-state index contributed by atoms with van der Waals surface area (Å²) in [6.07, 6.45) is 0. The van der Waals surface area contributed by atoms with E-state index in [0.717, 1.165) is 22.2 Å². The van der Waals surface area contributed by atoms with E-state index in [0.29, 0.717) is 12.1 Å². The minimum Gasteiger partial charge on any atom is -0.207 e. The van der Waals surface area contributed by atoms with Crippen molar-refractivity contribution in [3.8, 4) is 11.1 Å². The molecular weight excluding hydrogens is 664 g/mol. The van der Waals surface area contributed by atoms with Crippen molar-refractivity contribution in [3.05, 3.63) is 118 Å². The molecule has 0 saturated carbocycles. The molecule has 1 heterocycles. The number of hydrogen-bond donors (Lipinski definition) is 0. The summed E-state index contributed by atoms with van der Waals surface area (Å²) in [6.45, 7) is 2.11. The Morgan fingerprint density at radius 2 is 1.23 bits per heavy atom. The van der Waals surface area contributed by atoms with Gasteiger partial charge in [0.15, 0.2) is 11.6 Å². The number of rotatable bonds is 3. The molecule has 5 aromatic rings. The van der Waals surface area contributed by atoms with E-state index in [9.17, 15) is 25.6 Å². The van der Waals surface area contributed by atoms with E-state index in [-0.39, 0.29) is 17.3 Å². The summed E-state index contributed by atoms with van der Waals surface area (Å²) in [7, 11) is 2.49. The number of fused-ring (bicyclic) bond motifs is 1. The van der Waals surface area contributed by atoms with Crippen LogP contribution in [-0.2, 0) is 18.1 Å². The van der Waals surface area contributed by atoms with Crippen LogP contribution in [0.2, 0.25) is 5.02 Å². The fourth-order valence-electron chi connectivity index (χ4n) is 3.22. The lowest BCUT2D eigenvalue weighted by Gasteiger charge is -2.01. The highest BCUT2D eigenvalue weighted by Gasteiger charge is 2.12. The Bertz CT molecular complexity index is 1800. The van der Waals surface area contributed by atoms with Crippen molar-refractivity contribution in [1.82, 2.24) is 0 Å². The van der Waals surface area contributed by atoms with Crippen molar-refractivity contribution in [2.24, 2.45) is 0 Å². The standard InChI is InChI=1S/C12H9ClO2S.C9H7ClS.C6H3ClF2O2S.ClH/c13-16(14,15)12-8-6-11(7-9-12)10-4-2-1-3-5-10;1-6-9-4-8(10)3-2-7(9)5-11-6;7-12(10,11)4-1-2-5(8)6(9)3-4;/h1-9H;2-5H,1H3;1-3H;1H. The van der Waals surface area contributed by atoms with E-state index in [4.69, 9.17) is 33.0 Å². The first-order valence-electron chi connectivity index (χ1n) is 10.9. The molecule has 0 amide bonds. The van der Waals surface area contributed by atoms with Crippen molar-refractivity contribution < 1.29 is 25.6 Å². The van der Waals surface area contributed by atoms with Gasteiger partial charge < -0.3 is 0 Å². The Morgan fingerprint density at radius 3 is 1.77 bits per heavy atom. The third-order valence-electron chi connectivity index (χ3n) is 5.17. The van der Waals surface area contributed by atoms with Crippen molar-refractivity contribution in [3.63, 3.8) is 0 Å². The van der Waals surface area contributed by atoms with Crippen LogP contribution in [0.1, 0.15) is 4.88 Å². The molecule has 0 fully saturated rings. The second kappa shape index (κ2) is 14.6. The normalized spacial score (nSPS) is 10.9. The fourth-order valence-corrected chi connectivity index (χ4v) is 5.74. The Balaban J connectivity index is 0.000000212. The molecule has 0 radical (unpaired) electrons. The van der Waals surface area contributed by atoms with Crippen molar-refractivity contribution >= 4 is 85.6 Å². The zero-order chi connectivity index (χ0) is 28.8. The van der Waals surface area contributed by atoms with Crippen LogP contribution in [0.5, 0.6) is 0 Å². The van der Waals surface area contributed by atoms with Crippen LogP contribution in [0.25, 0.3) is 21.9 Å². The van der Waals surface area contributed by atoms with Gasteiger partial charge in [-0.1, -0.05) is 60.1 Å². The third kappa shape index (κ3) is 9.69. The third-order valence-corrected chi connectivity index (χ3v) is 9.07. The summed E-state index contributed by atoms with van der Waals surface area (Å²) in [5.41, 5.74) is 2.01. The van der Waals surface area contributed by atoms with E-state index in [1.54, 1.807) is 23.5 Å². The van der Waals surface area contributed by atoms with Gasteiger partial charge in [-0.3, -0.25) is 0 Å². The van der Waals surface area contributed by atoms with Crippen LogP contribution in [0.3, 0.4) is 0 Å². The SMILES string of the molecule is Cc1scc2ccc(Cl)cc12.Cl.O=S(=O)(Cl)c1ccc(-c2ccccc2)cc1.O=S(=O)(Cl)c1ccc(F)c(F)c1. The molecule has 0 N–H and O–H groups in total. The van der Waals surface area contributed by atoms with E-state index in [1.165, 1.54) is 27.8 Å².